The Kier molecular flexibility index (Phi) is 3.97. The number of hydrogen-bond acceptors (Lipinski definition) is 3. The summed E-state index contributed by atoms with van der Waals surface area (Å²) < 4.78 is 0. The molecule has 4 heteroatoms. The van der Waals surface area contributed by atoms with Crippen molar-refractivity contribution in [1.29, 1.82) is 0 Å². The van der Waals surface area contributed by atoms with Gasteiger partial charge in [0.15, 0.2) is 0 Å². The van der Waals surface area contributed by atoms with Gasteiger partial charge in [-0.05, 0) is 24.1 Å². The number of amides is 1. The number of likely N-dealkylation sites (tertiary alicyclic amines) is 1. The van der Waals surface area contributed by atoms with Crippen LogP contribution in [0.15, 0.2) is 48.7 Å². The van der Waals surface area contributed by atoms with Gasteiger partial charge in [-0.25, -0.2) is 0 Å². The van der Waals surface area contributed by atoms with Crippen molar-refractivity contribution in [2.24, 2.45) is 5.73 Å². The molecule has 1 atom stereocenters. The highest BCUT2D eigenvalue weighted by Crippen LogP contribution is 2.27. The van der Waals surface area contributed by atoms with Crippen molar-refractivity contribution in [2.45, 2.75) is 18.9 Å². The van der Waals surface area contributed by atoms with Crippen LogP contribution in [-0.2, 0) is 6.54 Å². The largest absolute Gasteiger partial charge is 0.338 e. The summed E-state index contributed by atoms with van der Waals surface area (Å²) in [5.41, 5.74) is 8.32. The second-order valence-electron chi connectivity index (χ2n) is 5.39. The maximum Gasteiger partial charge on any atom is 0.253 e. The first-order valence-electron chi connectivity index (χ1n) is 7.27. The highest BCUT2D eigenvalue weighted by molar-refractivity contribution is 5.94. The molecular formula is C17H19N3O. The number of hydrogen-bond donors (Lipinski definition) is 1. The maximum atomic E-state index is 12.5. The number of benzene rings is 1. The Morgan fingerprint density at radius 2 is 2.10 bits per heavy atom. The lowest BCUT2D eigenvalue weighted by Gasteiger charge is -2.17. The molecule has 2 N–H and O–H groups in total. The van der Waals surface area contributed by atoms with Gasteiger partial charge >= 0.3 is 0 Å². The summed E-state index contributed by atoms with van der Waals surface area (Å²) >= 11 is 0. The Morgan fingerprint density at radius 1 is 1.29 bits per heavy atom. The third kappa shape index (κ3) is 2.95. The van der Waals surface area contributed by atoms with Crippen molar-refractivity contribution in [3.8, 4) is 0 Å². The molecule has 108 valence electrons. The highest BCUT2D eigenvalue weighted by atomic mass is 16.2. The molecule has 0 bridgehead atoms. The zero-order valence-electron chi connectivity index (χ0n) is 11.9. The van der Waals surface area contributed by atoms with Gasteiger partial charge in [0.1, 0.15) is 0 Å². The van der Waals surface area contributed by atoms with Crippen molar-refractivity contribution in [2.75, 3.05) is 13.1 Å². The third-order valence-corrected chi connectivity index (χ3v) is 4.02. The molecule has 1 aromatic carbocycles. The fraction of sp³-hybridized carbons (Fsp3) is 0.294. The van der Waals surface area contributed by atoms with E-state index in [2.05, 4.69) is 29.2 Å². The van der Waals surface area contributed by atoms with Crippen LogP contribution in [0.5, 0.6) is 0 Å². The van der Waals surface area contributed by atoms with Crippen molar-refractivity contribution >= 4 is 5.91 Å². The minimum atomic E-state index is 0.0746. The zero-order chi connectivity index (χ0) is 14.7. The predicted octanol–water partition coefficient (Wildman–Crippen LogP) is 2.17. The van der Waals surface area contributed by atoms with Gasteiger partial charge < -0.3 is 10.6 Å². The van der Waals surface area contributed by atoms with Gasteiger partial charge in [0.25, 0.3) is 5.91 Å². The monoisotopic (exact) mass is 281 g/mol. The minimum Gasteiger partial charge on any atom is -0.338 e. The molecule has 1 saturated heterocycles. The second-order valence-corrected chi connectivity index (χ2v) is 5.39. The summed E-state index contributed by atoms with van der Waals surface area (Å²) in [4.78, 5) is 18.6. The van der Waals surface area contributed by atoms with Crippen LogP contribution in [0.4, 0.5) is 0 Å². The fourth-order valence-corrected chi connectivity index (χ4v) is 2.85. The van der Waals surface area contributed by atoms with Gasteiger partial charge in [-0.15, -0.1) is 0 Å². The average molecular weight is 281 g/mol. The molecule has 0 aliphatic carbocycles. The molecule has 2 aromatic rings. The van der Waals surface area contributed by atoms with Gasteiger partial charge in [-0.3, -0.25) is 9.78 Å². The quantitative estimate of drug-likeness (QED) is 0.938. The molecule has 1 unspecified atom stereocenters. The van der Waals surface area contributed by atoms with Gasteiger partial charge in [-0.2, -0.15) is 0 Å². The second kappa shape index (κ2) is 6.06. The van der Waals surface area contributed by atoms with E-state index < -0.39 is 0 Å². The van der Waals surface area contributed by atoms with Crippen molar-refractivity contribution < 1.29 is 4.79 Å². The van der Waals surface area contributed by atoms with Crippen LogP contribution in [0, 0.1) is 0 Å². The zero-order valence-corrected chi connectivity index (χ0v) is 11.9. The molecule has 0 spiro atoms. The topological polar surface area (TPSA) is 59.2 Å². The fourth-order valence-electron chi connectivity index (χ4n) is 2.85. The summed E-state index contributed by atoms with van der Waals surface area (Å²) in [6.45, 7) is 1.94. The van der Waals surface area contributed by atoms with Gasteiger partial charge in [-0.1, -0.05) is 30.3 Å². The first-order chi connectivity index (χ1) is 10.3. The molecule has 21 heavy (non-hydrogen) atoms. The van der Waals surface area contributed by atoms with E-state index in [1.807, 2.05) is 11.0 Å². The lowest BCUT2D eigenvalue weighted by molar-refractivity contribution is 0.0790. The van der Waals surface area contributed by atoms with E-state index >= 15 is 0 Å². The highest BCUT2D eigenvalue weighted by Gasteiger charge is 2.27. The van der Waals surface area contributed by atoms with Crippen LogP contribution < -0.4 is 5.73 Å². The van der Waals surface area contributed by atoms with Crippen LogP contribution in [0.3, 0.4) is 0 Å². The predicted molar refractivity (Wildman–Crippen MR) is 81.8 cm³/mol. The van der Waals surface area contributed by atoms with Crippen LogP contribution in [-0.4, -0.2) is 28.9 Å². The molecule has 1 amide bonds. The Morgan fingerprint density at radius 3 is 2.86 bits per heavy atom. The van der Waals surface area contributed by atoms with Crippen LogP contribution in [0.25, 0.3) is 0 Å². The number of aromatic nitrogens is 1. The summed E-state index contributed by atoms with van der Waals surface area (Å²) in [6.07, 6.45) is 2.67. The smallest absolute Gasteiger partial charge is 0.253 e. The third-order valence-electron chi connectivity index (χ3n) is 4.02. The first-order valence-corrected chi connectivity index (χ1v) is 7.27. The van der Waals surface area contributed by atoms with E-state index in [1.54, 1.807) is 18.3 Å². The lowest BCUT2D eigenvalue weighted by atomic mass is 9.99. The Hall–Kier alpha value is -2.20. The molecule has 1 aromatic heterocycles. The lowest BCUT2D eigenvalue weighted by Crippen LogP contribution is -2.28. The summed E-state index contributed by atoms with van der Waals surface area (Å²) in [7, 11) is 0. The van der Waals surface area contributed by atoms with Gasteiger partial charge in [0.05, 0.1) is 5.69 Å². The van der Waals surface area contributed by atoms with Crippen LogP contribution in [0.2, 0.25) is 0 Å². The Bertz CT molecular complexity index is 627. The van der Waals surface area contributed by atoms with E-state index in [1.165, 1.54) is 5.56 Å². The first kappa shape index (κ1) is 13.8. The van der Waals surface area contributed by atoms with E-state index in [9.17, 15) is 4.79 Å². The Balaban J connectivity index is 1.72. The van der Waals surface area contributed by atoms with Crippen molar-refractivity contribution in [3.05, 3.63) is 65.5 Å². The van der Waals surface area contributed by atoms with Crippen LogP contribution >= 0.6 is 0 Å². The Labute approximate surface area is 124 Å². The maximum absolute atomic E-state index is 12.5. The summed E-state index contributed by atoms with van der Waals surface area (Å²) in [5.74, 6) is 0.511. The SMILES string of the molecule is NCc1cc(C(=O)N2CCC(c3ccccc3)C2)ccn1. The molecule has 4 nitrogen and oxygen atoms in total. The van der Waals surface area contributed by atoms with E-state index in [0.717, 1.165) is 25.2 Å². The average Bonchev–Trinajstić information content (AvgIpc) is 3.05. The molecule has 2 heterocycles. The van der Waals surface area contributed by atoms with E-state index in [-0.39, 0.29) is 5.91 Å². The molecule has 0 saturated carbocycles. The molecule has 1 aliphatic rings. The summed E-state index contributed by atoms with van der Waals surface area (Å²) in [5, 5.41) is 0. The number of nitrogens with two attached hydrogens (primary N) is 1. The van der Waals surface area contributed by atoms with Crippen molar-refractivity contribution in [3.63, 3.8) is 0 Å². The number of carbonyl (C=O) groups is 1. The van der Waals surface area contributed by atoms with Crippen LogP contribution in [0.1, 0.15) is 34.0 Å². The normalized spacial score (nSPS) is 18.0. The standard InChI is InChI=1S/C17H19N3O/c18-11-16-10-14(6-8-19-16)17(21)20-9-7-15(12-20)13-4-2-1-3-5-13/h1-6,8,10,15H,7,9,11-12,18H2. The molecular weight excluding hydrogens is 262 g/mol. The van der Waals surface area contributed by atoms with Gasteiger partial charge in [0, 0.05) is 37.3 Å². The minimum absolute atomic E-state index is 0.0746. The number of rotatable bonds is 3. The molecule has 1 aliphatic heterocycles. The number of carbonyl (C=O) groups excluding carboxylic acids is 1. The van der Waals surface area contributed by atoms with E-state index in [0.29, 0.717) is 18.0 Å². The molecule has 0 radical (unpaired) electrons. The summed E-state index contributed by atoms with van der Waals surface area (Å²) in [6, 6.07) is 13.9. The number of pyridine rings is 1. The molecule has 3 rings (SSSR count). The van der Waals surface area contributed by atoms with E-state index in [4.69, 9.17) is 5.73 Å². The van der Waals surface area contributed by atoms with Crippen molar-refractivity contribution in [1.82, 2.24) is 9.88 Å². The molecule has 1 fully saturated rings. The van der Waals surface area contributed by atoms with Gasteiger partial charge in [0.2, 0.25) is 0 Å². The number of nitrogens with zero attached hydrogens (tertiary/aromatic N) is 2.